The molecule has 0 aromatic heterocycles. The Morgan fingerprint density at radius 2 is 1.62 bits per heavy atom. The molecule has 6 nitrogen and oxygen atoms in total. The molecule has 0 amide bonds. The second-order valence-electron chi connectivity index (χ2n) is 6.80. The Morgan fingerprint density at radius 3 is 2.31 bits per heavy atom. The van der Waals surface area contributed by atoms with E-state index < -0.39 is 0 Å². The molecular weight excluding hydrogens is 441 g/mol. The number of nitrogens with zero attached hydrogens (tertiary/aromatic N) is 4. The Labute approximate surface area is 174 Å². The minimum atomic E-state index is 0. The predicted octanol–water partition coefficient (Wildman–Crippen LogP) is 1.46. The summed E-state index contributed by atoms with van der Waals surface area (Å²) >= 11 is 0. The molecule has 2 fully saturated rings. The van der Waals surface area contributed by atoms with Crippen molar-refractivity contribution < 1.29 is 4.74 Å². The van der Waals surface area contributed by atoms with Crippen LogP contribution in [0, 0.1) is 0 Å². The number of hydrogen-bond donors (Lipinski definition) is 1. The molecule has 1 aromatic carbocycles. The molecule has 2 heterocycles. The fraction of sp³-hybridized carbons (Fsp3) is 0.632. The van der Waals surface area contributed by atoms with Crippen molar-refractivity contribution >= 4 is 29.9 Å². The standard InChI is InChI=1S/C19H31N5O.HI/c20-19(24-13-15-25-16-14-24)21-7-4-8-22-9-11-23(12-10-22)17-18-5-2-1-3-6-18;/h1-3,5-6H,4,7-17H2,(H2,20,21);1H. The van der Waals surface area contributed by atoms with Crippen LogP contribution in [0.3, 0.4) is 0 Å². The average Bonchev–Trinajstić information content (AvgIpc) is 2.68. The zero-order chi connectivity index (χ0) is 17.3. The van der Waals surface area contributed by atoms with Gasteiger partial charge in [0, 0.05) is 58.9 Å². The van der Waals surface area contributed by atoms with E-state index in [4.69, 9.17) is 10.5 Å². The molecule has 0 aliphatic carbocycles. The van der Waals surface area contributed by atoms with Crippen molar-refractivity contribution in [3.8, 4) is 0 Å². The first kappa shape index (κ1) is 21.4. The van der Waals surface area contributed by atoms with Gasteiger partial charge in [-0.3, -0.25) is 9.89 Å². The van der Waals surface area contributed by atoms with E-state index in [9.17, 15) is 0 Å². The van der Waals surface area contributed by atoms with Gasteiger partial charge in [0.05, 0.1) is 13.2 Å². The molecule has 0 unspecified atom stereocenters. The molecule has 2 N–H and O–H groups in total. The van der Waals surface area contributed by atoms with Crippen molar-refractivity contribution in [1.29, 1.82) is 0 Å². The van der Waals surface area contributed by atoms with E-state index >= 15 is 0 Å². The first-order chi connectivity index (χ1) is 12.3. The lowest BCUT2D eigenvalue weighted by Gasteiger charge is -2.34. The maximum atomic E-state index is 6.06. The maximum Gasteiger partial charge on any atom is 0.191 e. The third kappa shape index (κ3) is 7.02. The number of rotatable bonds is 6. The second kappa shape index (κ2) is 11.7. The molecule has 0 spiro atoms. The van der Waals surface area contributed by atoms with Gasteiger partial charge in [0.1, 0.15) is 0 Å². The lowest BCUT2D eigenvalue weighted by molar-refractivity contribution is 0.0674. The number of morpholine rings is 1. The van der Waals surface area contributed by atoms with Gasteiger partial charge in [-0.2, -0.15) is 0 Å². The molecule has 2 aliphatic heterocycles. The number of piperazine rings is 1. The molecule has 146 valence electrons. The number of ether oxygens (including phenoxy) is 1. The Kier molecular flexibility index (Phi) is 9.66. The van der Waals surface area contributed by atoms with E-state index in [2.05, 4.69) is 50.0 Å². The first-order valence-corrected chi connectivity index (χ1v) is 9.42. The minimum absolute atomic E-state index is 0. The van der Waals surface area contributed by atoms with Gasteiger partial charge in [0.2, 0.25) is 0 Å². The van der Waals surface area contributed by atoms with Gasteiger partial charge < -0.3 is 20.3 Å². The molecule has 0 atom stereocenters. The predicted molar refractivity (Wildman–Crippen MR) is 117 cm³/mol. The zero-order valence-corrected chi connectivity index (χ0v) is 17.9. The summed E-state index contributed by atoms with van der Waals surface area (Å²) in [6.45, 7) is 10.8. The molecule has 0 radical (unpaired) electrons. The SMILES string of the molecule is I.NC(=NCCCN1CCN(Cc2ccccc2)CC1)N1CCOCC1. The van der Waals surface area contributed by atoms with Crippen molar-refractivity contribution in [2.75, 3.05) is 65.6 Å². The van der Waals surface area contributed by atoms with Crippen LogP contribution in [-0.2, 0) is 11.3 Å². The highest BCUT2D eigenvalue weighted by molar-refractivity contribution is 14.0. The largest absolute Gasteiger partial charge is 0.378 e. The normalized spacial score (nSPS) is 20.0. The van der Waals surface area contributed by atoms with Gasteiger partial charge >= 0.3 is 0 Å². The minimum Gasteiger partial charge on any atom is -0.378 e. The lowest BCUT2D eigenvalue weighted by Crippen LogP contribution is -2.46. The molecule has 7 heteroatoms. The Morgan fingerprint density at radius 1 is 0.962 bits per heavy atom. The monoisotopic (exact) mass is 473 g/mol. The Hall–Kier alpha value is -0.900. The molecular formula is C19H32IN5O. The molecule has 2 aliphatic rings. The summed E-state index contributed by atoms with van der Waals surface area (Å²) < 4.78 is 5.34. The second-order valence-corrected chi connectivity index (χ2v) is 6.80. The van der Waals surface area contributed by atoms with Crippen LogP contribution in [0.15, 0.2) is 35.3 Å². The number of halogens is 1. The summed E-state index contributed by atoms with van der Waals surface area (Å²) in [6, 6.07) is 10.7. The van der Waals surface area contributed by atoms with E-state index in [0.717, 1.165) is 78.5 Å². The van der Waals surface area contributed by atoms with Gasteiger partial charge in [-0.15, -0.1) is 24.0 Å². The molecule has 26 heavy (non-hydrogen) atoms. The number of nitrogens with two attached hydrogens (primary N) is 1. The average molecular weight is 473 g/mol. The highest BCUT2D eigenvalue weighted by atomic mass is 127. The highest BCUT2D eigenvalue weighted by Gasteiger charge is 2.16. The van der Waals surface area contributed by atoms with Crippen LogP contribution in [0.1, 0.15) is 12.0 Å². The molecule has 0 saturated carbocycles. The topological polar surface area (TPSA) is 57.3 Å². The summed E-state index contributed by atoms with van der Waals surface area (Å²) in [5, 5.41) is 0. The van der Waals surface area contributed by atoms with Crippen LogP contribution < -0.4 is 5.73 Å². The van der Waals surface area contributed by atoms with Gasteiger partial charge in [-0.25, -0.2) is 0 Å². The van der Waals surface area contributed by atoms with E-state index in [-0.39, 0.29) is 24.0 Å². The van der Waals surface area contributed by atoms with Crippen molar-refractivity contribution in [3.63, 3.8) is 0 Å². The summed E-state index contributed by atoms with van der Waals surface area (Å²) in [4.78, 5) is 11.7. The highest BCUT2D eigenvalue weighted by Crippen LogP contribution is 2.08. The van der Waals surface area contributed by atoms with Gasteiger partial charge in [0.15, 0.2) is 5.96 Å². The van der Waals surface area contributed by atoms with Crippen LogP contribution in [0.2, 0.25) is 0 Å². The van der Waals surface area contributed by atoms with E-state index in [0.29, 0.717) is 5.96 Å². The molecule has 1 aromatic rings. The third-order valence-electron chi connectivity index (χ3n) is 4.96. The smallest absolute Gasteiger partial charge is 0.191 e. The van der Waals surface area contributed by atoms with Gasteiger partial charge in [-0.05, 0) is 12.0 Å². The van der Waals surface area contributed by atoms with E-state index in [1.165, 1.54) is 5.56 Å². The van der Waals surface area contributed by atoms with E-state index in [1.54, 1.807) is 0 Å². The van der Waals surface area contributed by atoms with Crippen LogP contribution in [0.4, 0.5) is 0 Å². The molecule has 0 bridgehead atoms. The Bertz CT molecular complexity index is 528. The van der Waals surface area contributed by atoms with Crippen molar-refractivity contribution in [3.05, 3.63) is 35.9 Å². The fourth-order valence-electron chi connectivity index (χ4n) is 3.39. The lowest BCUT2D eigenvalue weighted by atomic mass is 10.2. The van der Waals surface area contributed by atoms with Crippen molar-refractivity contribution in [1.82, 2.24) is 14.7 Å². The fourth-order valence-corrected chi connectivity index (χ4v) is 3.39. The molecule has 2 saturated heterocycles. The maximum absolute atomic E-state index is 6.06. The number of guanidine groups is 1. The quantitative estimate of drug-likeness (QED) is 0.294. The summed E-state index contributed by atoms with van der Waals surface area (Å²) in [5.41, 5.74) is 7.47. The van der Waals surface area contributed by atoms with Crippen molar-refractivity contribution in [2.24, 2.45) is 10.7 Å². The van der Waals surface area contributed by atoms with Gasteiger partial charge in [-0.1, -0.05) is 30.3 Å². The number of hydrogen-bond acceptors (Lipinski definition) is 4. The number of benzene rings is 1. The van der Waals surface area contributed by atoms with Crippen LogP contribution in [-0.4, -0.2) is 86.2 Å². The zero-order valence-electron chi connectivity index (χ0n) is 15.6. The number of aliphatic imine (C=N–C) groups is 1. The van der Waals surface area contributed by atoms with Crippen LogP contribution in [0.25, 0.3) is 0 Å². The van der Waals surface area contributed by atoms with Crippen molar-refractivity contribution in [2.45, 2.75) is 13.0 Å². The van der Waals surface area contributed by atoms with Crippen LogP contribution >= 0.6 is 24.0 Å². The summed E-state index contributed by atoms with van der Waals surface area (Å²) in [6.07, 6.45) is 1.07. The summed E-state index contributed by atoms with van der Waals surface area (Å²) in [7, 11) is 0. The third-order valence-corrected chi connectivity index (χ3v) is 4.96. The van der Waals surface area contributed by atoms with E-state index in [1.807, 2.05) is 0 Å². The Balaban J connectivity index is 0.00000243. The molecule has 3 rings (SSSR count). The van der Waals surface area contributed by atoms with Crippen LogP contribution in [0.5, 0.6) is 0 Å². The first-order valence-electron chi connectivity index (χ1n) is 9.42. The summed E-state index contributed by atoms with van der Waals surface area (Å²) in [5.74, 6) is 0.677. The van der Waals surface area contributed by atoms with Gasteiger partial charge in [0.25, 0.3) is 0 Å².